The Kier molecular flexibility index (Phi) is 5.09. The van der Waals surface area contributed by atoms with Gasteiger partial charge in [0.05, 0.1) is 6.54 Å². The average molecular weight is 330 g/mol. The van der Waals surface area contributed by atoms with Crippen LogP contribution in [0.5, 0.6) is 0 Å². The molecule has 9 heteroatoms. The molecular formula is C12H18N4O3S2. The summed E-state index contributed by atoms with van der Waals surface area (Å²) in [6, 6.07) is 3.77. The van der Waals surface area contributed by atoms with Crippen molar-refractivity contribution in [3.63, 3.8) is 0 Å². The van der Waals surface area contributed by atoms with Crippen molar-refractivity contribution in [2.75, 3.05) is 0 Å². The second-order valence-electron chi connectivity index (χ2n) is 4.81. The quantitative estimate of drug-likeness (QED) is 0.797. The van der Waals surface area contributed by atoms with Gasteiger partial charge in [0, 0.05) is 24.4 Å². The van der Waals surface area contributed by atoms with Crippen molar-refractivity contribution in [3.8, 4) is 0 Å². The van der Waals surface area contributed by atoms with Crippen LogP contribution in [0.2, 0.25) is 0 Å². The Morgan fingerprint density at radius 3 is 2.71 bits per heavy atom. The summed E-state index contributed by atoms with van der Waals surface area (Å²) >= 11 is 1.24. The van der Waals surface area contributed by atoms with E-state index >= 15 is 0 Å². The highest BCUT2D eigenvalue weighted by molar-refractivity contribution is 7.91. The Labute approximate surface area is 127 Å². The summed E-state index contributed by atoms with van der Waals surface area (Å²) in [6.45, 7) is 6.40. The summed E-state index contributed by atoms with van der Waals surface area (Å²) < 4.78 is 31.8. The van der Waals surface area contributed by atoms with Crippen molar-refractivity contribution in [3.05, 3.63) is 28.7 Å². The molecule has 2 heterocycles. The number of sulfonamides is 1. The number of aromatic nitrogens is 2. The molecule has 0 aromatic carbocycles. The second kappa shape index (κ2) is 6.65. The van der Waals surface area contributed by atoms with Gasteiger partial charge in [-0.05, 0) is 12.1 Å². The number of hydrogen-bond donors (Lipinski definition) is 2. The zero-order valence-corrected chi connectivity index (χ0v) is 13.7. The topological polar surface area (TPSA) is 97.1 Å². The molecule has 2 aromatic heterocycles. The Balaban J connectivity index is 1.99. The van der Waals surface area contributed by atoms with Crippen LogP contribution in [-0.4, -0.2) is 24.6 Å². The predicted molar refractivity (Wildman–Crippen MR) is 79.4 cm³/mol. The Morgan fingerprint density at radius 1 is 1.33 bits per heavy atom. The van der Waals surface area contributed by atoms with E-state index in [1.165, 1.54) is 11.3 Å². The Bertz CT molecular complexity index is 691. The zero-order valence-electron chi connectivity index (χ0n) is 12.1. The highest BCUT2D eigenvalue weighted by Crippen LogP contribution is 2.21. The molecule has 0 spiro atoms. The predicted octanol–water partition coefficient (Wildman–Crippen LogP) is 1.42. The highest BCUT2D eigenvalue weighted by Gasteiger charge is 2.17. The lowest BCUT2D eigenvalue weighted by molar-refractivity contribution is 0.387. The fourth-order valence-corrected chi connectivity index (χ4v) is 3.88. The third kappa shape index (κ3) is 4.60. The minimum absolute atomic E-state index is 0.0111. The largest absolute Gasteiger partial charge is 0.340 e. The van der Waals surface area contributed by atoms with Gasteiger partial charge in [-0.2, -0.15) is 4.98 Å². The number of aryl methyl sites for hydroxylation is 1. The van der Waals surface area contributed by atoms with Gasteiger partial charge in [-0.3, -0.25) is 0 Å². The van der Waals surface area contributed by atoms with Gasteiger partial charge in [-0.15, -0.1) is 11.3 Å². The second-order valence-corrected chi connectivity index (χ2v) is 7.97. The van der Waals surface area contributed by atoms with E-state index in [2.05, 4.69) is 20.2 Å². The van der Waals surface area contributed by atoms with Gasteiger partial charge in [0.2, 0.25) is 15.9 Å². The molecule has 0 aliphatic heterocycles. The van der Waals surface area contributed by atoms with Crippen molar-refractivity contribution < 1.29 is 12.9 Å². The van der Waals surface area contributed by atoms with Crippen molar-refractivity contribution in [1.29, 1.82) is 0 Å². The lowest BCUT2D eigenvalue weighted by Crippen LogP contribution is -2.23. The lowest BCUT2D eigenvalue weighted by atomic mass is 10.4. The summed E-state index contributed by atoms with van der Waals surface area (Å²) in [5, 5.41) is 6.90. The normalized spacial score (nSPS) is 12.2. The summed E-state index contributed by atoms with van der Waals surface area (Å²) in [4.78, 5) is 4.92. The van der Waals surface area contributed by atoms with E-state index in [0.29, 0.717) is 24.3 Å². The maximum atomic E-state index is 12.2. The van der Waals surface area contributed by atoms with Crippen LogP contribution >= 0.6 is 11.3 Å². The average Bonchev–Trinajstić information content (AvgIpc) is 3.03. The number of rotatable bonds is 7. The van der Waals surface area contributed by atoms with Crippen LogP contribution in [0.15, 0.2) is 20.9 Å². The first-order valence-corrected chi connectivity index (χ1v) is 8.78. The first-order valence-electron chi connectivity index (χ1n) is 6.48. The van der Waals surface area contributed by atoms with Crippen LogP contribution in [-0.2, 0) is 23.1 Å². The van der Waals surface area contributed by atoms with Crippen LogP contribution in [0.3, 0.4) is 0 Å². The SMILES string of the molecule is Cc1nc(CNS(=O)(=O)c2ccc(CNC(C)C)s2)no1. The fourth-order valence-electron chi connectivity index (χ4n) is 1.55. The minimum Gasteiger partial charge on any atom is -0.340 e. The van der Waals surface area contributed by atoms with Crippen LogP contribution in [0.4, 0.5) is 0 Å². The van der Waals surface area contributed by atoms with Crippen molar-refractivity contribution in [1.82, 2.24) is 20.2 Å². The molecule has 0 aliphatic rings. The van der Waals surface area contributed by atoms with E-state index in [-0.39, 0.29) is 10.8 Å². The van der Waals surface area contributed by atoms with Gasteiger partial charge in [0.25, 0.3) is 0 Å². The molecule has 0 saturated carbocycles. The fraction of sp³-hybridized carbons (Fsp3) is 0.500. The molecule has 0 aliphatic carbocycles. The standard InChI is InChI=1S/C12H18N4O3S2/c1-8(2)13-6-10-4-5-12(20-10)21(17,18)14-7-11-15-9(3)19-16-11/h4-5,8,13-14H,6-7H2,1-3H3. The molecule has 0 amide bonds. The van der Waals surface area contributed by atoms with Crippen molar-refractivity contribution in [2.24, 2.45) is 0 Å². The molecule has 2 aromatic rings. The van der Waals surface area contributed by atoms with Crippen LogP contribution in [0, 0.1) is 6.92 Å². The van der Waals surface area contributed by atoms with E-state index in [1.807, 2.05) is 19.9 Å². The van der Waals surface area contributed by atoms with E-state index in [4.69, 9.17) is 4.52 Å². The van der Waals surface area contributed by atoms with Gasteiger partial charge in [-0.25, -0.2) is 13.1 Å². The Hall–Kier alpha value is -1.29. The number of hydrogen-bond acceptors (Lipinski definition) is 7. The zero-order chi connectivity index (χ0) is 15.5. The van der Waals surface area contributed by atoms with E-state index < -0.39 is 10.0 Å². The number of thiophene rings is 1. The molecular weight excluding hydrogens is 312 g/mol. The first-order chi connectivity index (χ1) is 9.87. The summed E-state index contributed by atoms with van der Waals surface area (Å²) in [5.41, 5.74) is 0. The Morgan fingerprint density at radius 2 is 2.10 bits per heavy atom. The third-order valence-electron chi connectivity index (χ3n) is 2.58. The summed E-state index contributed by atoms with van der Waals surface area (Å²) in [5.74, 6) is 0.719. The van der Waals surface area contributed by atoms with Gasteiger partial charge in [-0.1, -0.05) is 19.0 Å². The van der Waals surface area contributed by atoms with Crippen LogP contribution in [0.25, 0.3) is 0 Å². The molecule has 0 saturated heterocycles. The lowest BCUT2D eigenvalue weighted by Gasteiger charge is -2.05. The van der Waals surface area contributed by atoms with Crippen molar-refractivity contribution >= 4 is 21.4 Å². The van der Waals surface area contributed by atoms with Crippen molar-refractivity contribution in [2.45, 2.75) is 44.1 Å². The molecule has 0 unspecified atom stereocenters. The van der Waals surface area contributed by atoms with Crippen LogP contribution < -0.4 is 10.0 Å². The van der Waals surface area contributed by atoms with Gasteiger partial charge < -0.3 is 9.84 Å². The molecule has 0 bridgehead atoms. The third-order valence-corrected chi connectivity index (χ3v) is 5.55. The van der Waals surface area contributed by atoms with E-state index in [0.717, 1.165) is 4.88 Å². The molecule has 0 fully saturated rings. The molecule has 116 valence electrons. The van der Waals surface area contributed by atoms with E-state index in [1.54, 1.807) is 13.0 Å². The van der Waals surface area contributed by atoms with Gasteiger partial charge in [0.1, 0.15) is 4.21 Å². The molecule has 2 N–H and O–H groups in total. The highest BCUT2D eigenvalue weighted by atomic mass is 32.2. The molecule has 0 radical (unpaired) electrons. The summed E-state index contributed by atoms with van der Waals surface area (Å²) in [7, 11) is -3.55. The maximum Gasteiger partial charge on any atom is 0.250 e. The number of nitrogens with one attached hydrogen (secondary N) is 2. The van der Waals surface area contributed by atoms with E-state index in [9.17, 15) is 8.42 Å². The van der Waals surface area contributed by atoms with Crippen LogP contribution in [0.1, 0.15) is 30.4 Å². The van der Waals surface area contributed by atoms with Gasteiger partial charge >= 0.3 is 0 Å². The first kappa shape index (κ1) is 16.1. The summed E-state index contributed by atoms with van der Waals surface area (Å²) in [6.07, 6.45) is 0. The maximum absolute atomic E-state index is 12.2. The molecule has 2 rings (SSSR count). The molecule has 7 nitrogen and oxygen atoms in total. The molecule has 21 heavy (non-hydrogen) atoms. The molecule has 0 atom stereocenters. The monoisotopic (exact) mass is 330 g/mol. The van der Waals surface area contributed by atoms with Gasteiger partial charge in [0.15, 0.2) is 5.82 Å². The number of nitrogens with zero attached hydrogens (tertiary/aromatic N) is 2. The smallest absolute Gasteiger partial charge is 0.250 e. The minimum atomic E-state index is -3.55.